The lowest BCUT2D eigenvalue weighted by molar-refractivity contribution is -0.123. The third kappa shape index (κ3) is 6.43. The Morgan fingerprint density at radius 2 is 2.00 bits per heavy atom. The zero-order valence-corrected chi connectivity index (χ0v) is 18.1. The number of benzene rings is 1. The standard InChI is InChI=1S/C23H35N5O2/c1-2-3-11-26-23(29)17-27-15-20-6-7-21(16-27)28(20)14-19(25)10-12-30-22-8-4-18(13-24)5-9-22/h4-5,8-9,19-21H,2-3,6-7,10-12,14-17,25H2,1H3,(H,26,29). The molecule has 0 radical (unpaired) electrons. The second kappa shape index (κ2) is 11.3. The van der Waals surface area contributed by atoms with Crippen LogP contribution in [0.15, 0.2) is 24.3 Å². The van der Waals surface area contributed by atoms with E-state index >= 15 is 0 Å². The fraction of sp³-hybridized carbons (Fsp3) is 0.652. The van der Waals surface area contributed by atoms with Crippen LogP contribution in [-0.2, 0) is 4.79 Å². The van der Waals surface area contributed by atoms with Crippen molar-refractivity contribution in [1.29, 1.82) is 5.26 Å². The maximum Gasteiger partial charge on any atom is 0.234 e. The zero-order valence-electron chi connectivity index (χ0n) is 18.1. The number of rotatable bonds is 11. The third-order valence-electron chi connectivity index (χ3n) is 6.11. The number of hydrogen-bond acceptors (Lipinski definition) is 6. The van der Waals surface area contributed by atoms with Crippen molar-refractivity contribution in [3.05, 3.63) is 29.8 Å². The van der Waals surface area contributed by atoms with Crippen molar-refractivity contribution in [1.82, 2.24) is 15.1 Å². The van der Waals surface area contributed by atoms with E-state index in [0.717, 1.165) is 51.2 Å². The predicted molar refractivity (Wildman–Crippen MR) is 117 cm³/mol. The number of fused-ring (bicyclic) bond motifs is 2. The monoisotopic (exact) mass is 413 g/mol. The third-order valence-corrected chi connectivity index (χ3v) is 6.11. The summed E-state index contributed by atoms with van der Waals surface area (Å²) in [4.78, 5) is 17.0. The van der Waals surface area contributed by atoms with Crippen LogP contribution in [0.2, 0.25) is 0 Å². The Morgan fingerprint density at radius 1 is 1.30 bits per heavy atom. The lowest BCUT2D eigenvalue weighted by atomic mass is 10.1. The number of ether oxygens (including phenoxy) is 1. The number of hydrogen-bond donors (Lipinski definition) is 2. The summed E-state index contributed by atoms with van der Waals surface area (Å²) >= 11 is 0. The van der Waals surface area contributed by atoms with Crippen molar-refractivity contribution in [2.24, 2.45) is 5.73 Å². The minimum Gasteiger partial charge on any atom is -0.494 e. The van der Waals surface area contributed by atoms with Gasteiger partial charge in [0.15, 0.2) is 0 Å². The number of nitrogens with zero attached hydrogens (tertiary/aromatic N) is 3. The number of nitrogens with two attached hydrogens (primary N) is 1. The van der Waals surface area contributed by atoms with Crippen molar-refractivity contribution in [3.63, 3.8) is 0 Å². The Hall–Kier alpha value is -2.14. The Bertz CT molecular complexity index is 703. The van der Waals surface area contributed by atoms with Gasteiger partial charge in [0.1, 0.15) is 5.75 Å². The first kappa shape index (κ1) is 22.5. The van der Waals surface area contributed by atoms with Gasteiger partial charge in [0.25, 0.3) is 0 Å². The molecule has 7 nitrogen and oxygen atoms in total. The topological polar surface area (TPSA) is 94.6 Å². The summed E-state index contributed by atoms with van der Waals surface area (Å²) in [5.41, 5.74) is 7.04. The maximum absolute atomic E-state index is 12.1. The highest BCUT2D eigenvalue weighted by Gasteiger charge is 2.40. The number of piperazine rings is 1. The molecule has 0 saturated carbocycles. The number of carbonyl (C=O) groups is 1. The predicted octanol–water partition coefficient (Wildman–Crippen LogP) is 1.72. The van der Waals surface area contributed by atoms with Crippen molar-refractivity contribution in [2.75, 3.05) is 39.3 Å². The van der Waals surface area contributed by atoms with Gasteiger partial charge in [0.2, 0.25) is 5.91 Å². The van der Waals surface area contributed by atoms with Gasteiger partial charge in [-0.15, -0.1) is 0 Å². The molecule has 1 aromatic carbocycles. The molecule has 164 valence electrons. The molecule has 3 rings (SSSR count). The van der Waals surface area contributed by atoms with Gasteiger partial charge in [-0.05, 0) is 49.9 Å². The van der Waals surface area contributed by atoms with Crippen LogP contribution in [0.5, 0.6) is 5.75 Å². The van der Waals surface area contributed by atoms with Crippen molar-refractivity contribution in [2.45, 2.75) is 57.2 Å². The Kier molecular flexibility index (Phi) is 8.50. The van der Waals surface area contributed by atoms with E-state index < -0.39 is 0 Å². The van der Waals surface area contributed by atoms with Crippen LogP contribution in [-0.4, -0.2) is 73.2 Å². The SMILES string of the molecule is CCCCNC(=O)CN1CC2CCC(C1)N2CC(N)CCOc1ccc(C#N)cc1. The maximum atomic E-state index is 12.1. The van der Waals surface area contributed by atoms with Crippen molar-refractivity contribution >= 4 is 5.91 Å². The van der Waals surface area contributed by atoms with E-state index in [9.17, 15) is 4.79 Å². The summed E-state index contributed by atoms with van der Waals surface area (Å²) in [6.07, 6.45) is 5.30. The molecule has 2 saturated heterocycles. The van der Waals surface area contributed by atoms with Gasteiger partial charge >= 0.3 is 0 Å². The van der Waals surface area contributed by atoms with Crippen LogP contribution in [0, 0.1) is 11.3 Å². The van der Waals surface area contributed by atoms with Gasteiger partial charge in [-0.3, -0.25) is 14.6 Å². The van der Waals surface area contributed by atoms with E-state index in [1.54, 1.807) is 12.1 Å². The summed E-state index contributed by atoms with van der Waals surface area (Å²) in [5, 5.41) is 11.9. The highest BCUT2D eigenvalue weighted by atomic mass is 16.5. The van der Waals surface area contributed by atoms with Gasteiger partial charge in [0.05, 0.1) is 24.8 Å². The van der Waals surface area contributed by atoms with Crippen molar-refractivity contribution < 1.29 is 9.53 Å². The van der Waals surface area contributed by atoms with Crippen LogP contribution in [0.4, 0.5) is 0 Å². The van der Waals surface area contributed by atoms with Gasteiger partial charge < -0.3 is 15.8 Å². The Morgan fingerprint density at radius 3 is 2.63 bits per heavy atom. The normalized spacial score (nSPS) is 22.4. The molecule has 0 aliphatic carbocycles. The number of amides is 1. The van der Waals surface area contributed by atoms with Crippen LogP contribution < -0.4 is 15.8 Å². The second-order valence-electron chi connectivity index (χ2n) is 8.51. The molecule has 30 heavy (non-hydrogen) atoms. The fourth-order valence-corrected chi connectivity index (χ4v) is 4.48. The highest BCUT2D eigenvalue weighted by molar-refractivity contribution is 5.78. The van der Waals surface area contributed by atoms with E-state index in [-0.39, 0.29) is 11.9 Å². The summed E-state index contributed by atoms with van der Waals surface area (Å²) in [7, 11) is 0. The minimum atomic E-state index is 0.0652. The Balaban J connectivity index is 1.37. The molecule has 2 fully saturated rings. The lowest BCUT2D eigenvalue weighted by Crippen LogP contribution is -2.57. The molecule has 1 amide bonds. The van der Waals surface area contributed by atoms with Gasteiger partial charge in [0, 0.05) is 44.3 Å². The summed E-state index contributed by atoms with van der Waals surface area (Å²) in [5.74, 6) is 0.917. The first-order valence-corrected chi connectivity index (χ1v) is 11.2. The van der Waals surface area contributed by atoms with E-state index in [1.165, 1.54) is 12.8 Å². The number of unbranched alkanes of at least 4 members (excludes halogenated alkanes) is 1. The summed E-state index contributed by atoms with van der Waals surface area (Å²) in [6, 6.07) is 10.3. The minimum absolute atomic E-state index is 0.0652. The number of nitrogens with one attached hydrogen (secondary N) is 1. The van der Waals surface area contributed by atoms with Gasteiger partial charge in [-0.1, -0.05) is 13.3 Å². The number of carbonyl (C=O) groups excluding carboxylic acids is 1. The zero-order chi connectivity index (χ0) is 21.3. The van der Waals surface area contributed by atoms with E-state index in [2.05, 4.69) is 28.1 Å². The average molecular weight is 414 g/mol. The fourth-order valence-electron chi connectivity index (χ4n) is 4.48. The lowest BCUT2D eigenvalue weighted by Gasteiger charge is -2.41. The largest absolute Gasteiger partial charge is 0.494 e. The van der Waals surface area contributed by atoms with E-state index in [1.807, 2.05) is 12.1 Å². The summed E-state index contributed by atoms with van der Waals surface area (Å²) < 4.78 is 5.78. The molecule has 0 aromatic heterocycles. The van der Waals surface area contributed by atoms with E-state index in [4.69, 9.17) is 15.7 Å². The smallest absolute Gasteiger partial charge is 0.234 e. The molecule has 0 spiro atoms. The average Bonchev–Trinajstić information content (AvgIpc) is 2.96. The second-order valence-corrected chi connectivity index (χ2v) is 8.51. The molecular formula is C23H35N5O2. The quantitative estimate of drug-likeness (QED) is 0.537. The van der Waals surface area contributed by atoms with Crippen LogP contribution >= 0.6 is 0 Å². The first-order valence-electron chi connectivity index (χ1n) is 11.2. The number of nitriles is 1. The molecule has 2 heterocycles. The molecule has 2 aliphatic heterocycles. The molecule has 2 bridgehead atoms. The molecule has 3 atom stereocenters. The Labute approximate surface area is 180 Å². The molecule has 1 aromatic rings. The molecule has 3 unspecified atom stereocenters. The first-order chi connectivity index (χ1) is 14.6. The van der Waals surface area contributed by atoms with Gasteiger partial charge in [-0.25, -0.2) is 0 Å². The highest BCUT2D eigenvalue weighted by Crippen LogP contribution is 2.30. The van der Waals surface area contributed by atoms with Crippen LogP contribution in [0.1, 0.15) is 44.6 Å². The molecule has 3 N–H and O–H groups in total. The molecule has 7 heteroatoms. The summed E-state index contributed by atoms with van der Waals surface area (Å²) in [6.45, 7) is 6.77. The molecular weight excluding hydrogens is 378 g/mol. The van der Waals surface area contributed by atoms with Crippen LogP contribution in [0.3, 0.4) is 0 Å². The van der Waals surface area contributed by atoms with Gasteiger partial charge in [-0.2, -0.15) is 5.26 Å². The number of likely N-dealkylation sites (tertiary alicyclic amines) is 1. The van der Waals surface area contributed by atoms with Crippen LogP contribution in [0.25, 0.3) is 0 Å². The molecule has 2 aliphatic rings. The van der Waals surface area contributed by atoms with E-state index in [0.29, 0.717) is 30.8 Å². The van der Waals surface area contributed by atoms with Crippen molar-refractivity contribution in [3.8, 4) is 11.8 Å².